The Morgan fingerprint density at radius 1 is 1.25 bits per heavy atom. The summed E-state index contributed by atoms with van der Waals surface area (Å²) in [6.07, 6.45) is -0.268. The van der Waals surface area contributed by atoms with Gasteiger partial charge in [0.1, 0.15) is 12.3 Å². The molecule has 0 aromatic carbocycles. The van der Waals surface area contributed by atoms with Crippen molar-refractivity contribution in [2.24, 2.45) is 5.92 Å². The van der Waals surface area contributed by atoms with Gasteiger partial charge in [-0.25, -0.2) is 23.1 Å². The van der Waals surface area contributed by atoms with Crippen LogP contribution < -0.4 is 5.32 Å². The standard InChI is InChI=1S/C26H29F5N6O3/c1-14(2)23-18(13-40-35-23)20(38)8-17(16-3-5-25(27,28)6-4-16)19-11-37-22(33-19)7-15(9-32-37)10-36-12-21(26(29,30)31)34-24(36)39/h7,9,11,13-14,16-17,21H,3-6,8,10,12H2,1-2H3,(H,34,39)/t17-,21-/m0/s1. The number of aromatic nitrogens is 4. The number of nitrogens with zero attached hydrogens (tertiary/aromatic N) is 5. The molecule has 2 aliphatic rings. The molecule has 0 spiro atoms. The number of ketones is 1. The molecule has 40 heavy (non-hydrogen) atoms. The Morgan fingerprint density at radius 3 is 2.62 bits per heavy atom. The largest absolute Gasteiger partial charge is 0.410 e. The summed E-state index contributed by atoms with van der Waals surface area (Å²) in [7, 11) is 0. The van der Waals surface area contributed by atoms with E-state index in [2.05, 4.69) is 15.2 Å². The van der Waals surface area contributed by atoms with E-state index in [1.54, 1.807) is 12.3 Å². The number of hydrogen-bond acceptors (Lipinski definition) is 6. The lowest BCUT2D eigenvalue weighted by molar-refractivity contribution is -0.149. The van der Waals surface area contributed by atoms with Gasteiger partial charge in [0.05, 0.1) is 35.9 Å². The summed E-state index contributed by atoms with van der Waals surface area (Å²) < 4.78 is 73.5. The van der Waals surface area contributed by atoms with Crippen molar-refractivity contribution in [2.75, 3.05) is 6.54 Å². The maximum Gasteiger partial charge on any atom is 0.410 e. The number of urea groups is 1. The van der Waals surface area contributed by atoms with E-state index in [1.807, 2.05) is 19.2 Å². The molecule has 1 aliphatic carbocycles. The zero-order valence-electron chi connectivity index (χ0n) is 21.9. The summed E-state index contributed by atoms with van der Waals surface area (Å²) in [4.78, 5) is 31.1. The number of nitrogens with one attached hydrogen (secondary N) is 1. The molecule has 216 valence electrons. The fourth-order valence-electron chi connectivity index (χ4n) is 5.49. The summed E-state index contributed by atoms with van der Waals surface area (Å²) in [5.41, 5.74) is 2.22. The molecule has 0 radical (unpaired) electrons. The number of Topliss-reactive ketones (excluding diaryl/α,β-unsaturated/α-hetero) is 1. The Bertz CT molecular complexity index is 1390. The van der Waals surface area contributed by atoms with Gasteiger partial charge in [-0.3, -0.25) is 4.79 Å². The first kappa shape index (κ1) is 28.0. The van der Waals surface area contributed by atoms with Gasteiger partial charge in [0, 0.05) is 31.7 Å². The highest BCUT2D eigenvalue weighted by atomic mass is 19.4. The van der Waals surface area contributed by atoms with Crippen LogP contribution in [0.1, 0.15) is 85.1 Å². The molecule has 3 aromatic heterocycles. The van der Waals surface area contributed by atoms with Gasteiger partial charge in [-0.1, -0.05) is 19.0 Å². The highest BCUT2D eigenvalue weighted by Crippen LogP contribution is 2.44. The molecule has 9 nitrogen and oxygen atoms in total. The molecule has 4 heterocycles. The third kappa shape index (κ3) is 5.80. The minimum Gasteiger partial charge on any atom is -0.364 e. The normalized spacial score (nSPS) is 20.9. The molecule has 0 unspecified atom stereocenters. The molecule has 14 heteroatoms. The number of fused-ring (bicyclic) bond motifs is 1. The number of amides is 2. The monoisotopic (exact) mass is 568 g/mol. The molecule has 1 N–H and O–H groups in total. The first-order valence-electron chi connectivity index (χ1n) is 13.1. The van der Waals surface area contributed by atoms with E-state index in [9.17, 15) is 31.5 Å². The van der Waals surface area contributed by atoms with E-state index in [1.165, 1.54) is 17.0 Å². The molecule has 3 aromatic rings. The third-order valence-corrected chi connectivity index (χ3v) is 7.71. The zero-order chi connectivity index (χ0) is 28.8. The first-order valence-corrected chi connectivity index (χ1v) is 13.1. The van der Waals surface area contributed by atoms with Crippen molar-refractivity contribution in [2.45, 2.75) is 82.5 Å². The van der Waals surface area contributed by atoms with Crippen LogP contribution in [0, 0.1) is 5.92 Å². The second-order valence-corrected chi connectivity index (χ2v) is 11.0. The lowest BCUT2D eigenvalue weighted by Gasteiger charge is -2.32. The quantitative estimate of drug-likeness (QED) is 0.285. The van der Waals surface area contributed by atoms with E-state index in [-0.39, 0.29) is 56.3 Å². The van der Waals surface area contributed by atoms with Crippen LogP contribution in [-0.2, 0) is 6.54 Å². The van der Waals surface area contributed by atoms with E-state index < -0.39 is 36.6 Å². The van der Waals surface area contributed by atoms with Crippen LogP contribution in [0.25, 0.3) is 5.65 Å². The predicted molar refractivity (Wildman–Crippen MR) is 131 cm³/mol. The van der Waals surface area contributed by atoms with Crippen molar-refractivity contribution in [3.05, 3.63) is 47.2 Å². The van der Waals surface area contributed by atoms with Gasteiger partial charge in [-0.15, -0.1) is 0 Å². The van der Waals surface area contributed by atoms with E-state index in [4.69, 9.17) is 4.52 Å². The van der Waals surface area contributed by atoms with Crippen LogP contribution in [0.5, 0.6) is 0 Å². The van der Waals surface area contributed by atoms with E-state index >= 15 is 0 Å². The number of halogens is 5. The second kappa shape index (κ2) is 10.4. The second-order valence-electron chi connectivity index (χ2n) is 11.0. The van der Waals surface area contributed by atoms with Gasteiger partial charge in [-0.2, -0.15) is 18.3 Å². The molecule has 2 atom stereocenters. The van der Waals surface area contributed by atoms with Crippen LogP contribution >= 0.6 is 0 Å². The molecule has 2 amide bonds. The number of imidazole rings is 1. The minimum absolute atomic E-state index is 0.0146. The molecule has 1 aliphatic heterocycles. The number of hydrogen-bond donors (Lipinski definition) is 1. The molecule has 2 fully saturated rings. The fourth-order valence-corrected chi connectivity index (χ4v) is 5.49. The Morgan fingerprint density at radius 2 is 1.98 bits per heavy atom. The molecule has 1 saturated heterocycles. The SMILES string of the molecule is CC(C)c1nocc1C(=O)C[C@H](c1cn2ncc(CN3C[C@@H](C(F)(F)F)NC3=O)cc2n1)C1CCC(F)(F)CC1. The maximum atomic E-state index is 14.0. The lowest BCUT2D eigenvalue weighted by atomic mass is 9.75. The van der Waals surface area contributed by atoms with Crippen molar-refractivity contribution in [3.63, 3.8) is 0 Å². The van der Waals surface area contributed by atoms with Crippen LogP contribution in [0.2, 0.25) is 0 Å². The van der Waals surface area contributed by atoms with Gasteiger partial charge in [0.25, 0.3) is 0 Å². The van der Waals surface area contributed by atoms with Gasteiger partial charge in [0.2, 0.25) is 5.92 Å². The maximum absolute atomic E-state index is 14.0. The summed E-state index contributed by atoms with van der Waals surface area (Å²) in [6, 6.07) is -1.17. The Kier molecular flexibility index (Phi) is 7.29. The Hall–Kier alpha value is -3.58. The molecule has 0 bridgehead atoms. The summed E-state index contributed by atoms with van der Waals surface area (Å²) in [5, 5.41) is 10.2. The van der Waals surface area contributed by atoms with Crippen molar-refractivity contribution < 1.29 is 36.1 Å². The van der Waals surface area contributed by atoms with Gasteiger partial charge >= 0.3 is 12.2 Å². The third-order valence-electron chi connectivity index (χ3n) is 7.71. The van der Waals surface area contributed by atoms with Crippen molar-refractivity contribution >= 4 is 17.5 Å². The molecular formula is C26H29F5N6O3. The van der Waals surface area contributed by atoms with Crippen molar-refractivity contribution in [3.8, 4) is 0 Å². The topological polar surface area (TPSA) is 106 Å². The molecule has 5 rings (SSSR count). The zero-order valence-corrected chi connectivity index (χ0v) is 21.9. The predicted octanol–water partition coefficient (Wildman–Crippen LogP) is 5.48. The Labute approximate surface area is 226 Å². The Balaban J connectivity index is 1.39. The van der Waals surface area contributed by atoms with Crippen molar-refractivity contribution in [1.82, 2.24) is 30.0 Å². The van der Waals surface area contributed by atoms with E-state index in [0.717, 1.165) is 4.90 Å². The number of rotatable bonds is 8. The smallest absolute Gasteiger partial charge is 0.364 e. The van der Waals surface area contributed by atoms with Crippen LogP contribution in [0.4, 0.5) is 26.7 Å². The average Bonchev–Trinajstić information content (AvgIpc) is 3.61. The van der Waals surface area contributed by atoms with Crippen LogP contribution in [0.15, 0.2) is 29.2 Å². The van der Waals surface area contributed by atoms with Crippen LogP contribution in [-0.4, -0.2) is 61.2 Å². The summed E-state index contributed by atoms with van der Waals surface area (Å²) in [6.45, 7) is 3.14. The van der Waals surface area contributed by atoms with Gasteiger partial charge in [-0.05, 0) is 36.3 Å². The minimum atomic E-state index is -4.55. The summed E-state index contributed by atoms with van der Waals surface area (Å²) >= 11 is 0. The number of carbonyl (C=O) groups is 2. The highest BCUT2D eigenvalue weighted by molar-refractivity contribution is 5.97. The number of carbonyl (C=O) groups excluding carboxylic acids is 2. The fraction of sp³-hybridized carbons (Fsp3) is 0.577. The van der Waals surface area contributed by atoms with Crippen molar-refractivity contribution in [1.29, 1.82) is 0 Å². The van der Waals surface area contributed by atoms with E-state index in [0.29, 0.717) is 28.2 Å². The van der Waals surface area contributed by atoms with Crippen LogP contribution in [0.3, 0.4) is 0 Å². The number of alkyl halides is 5. The molecular weight excluding hydrogens is 539 g/mol. The average molecular weight is 569 g/mol. The molecule has 1 saturated carbocycles. The summed E-state index contributed by atoms with van der Waals surface area (Å²) in [5.74, 6) is -3.71. The first-order chi connectivity index (χ1) is 18.8. The van der Waals surface area contributed by atoms with Gasteiger partial charge in [0.15, 0.2) is 11.4 Å². The highest BCUT2D eigenvalue weighted by Gasteiger charge is 2.47. The lowest BCUT2D eigenvalue weighted by Crippen LogP contribution is -2.40. The van der Waals surface area contributed by atoms with Gasteiger partial charge < -0.3 is 14.7 Å².